The van der Waals surface area contributed by atoms with E-state index in [1.165, 1.54) is 31.6 Å². The highest BCUT2D eigenvalue weighted by Gasteiger charge is 2.51. The first-order chi connectivity index (χ1) is 6.28. The van der Waals surface area contributed by atoms with Crippen LogP contribution < -0.4 is 0 Å². The van der Waals surface area contributed by atoms with Gasteiger partial charge in [0.25, 0.3) is 0 Å². The second-order valence-electron chi connectivity index (χ2n) is 4.71. The van der Waals surface area contributed by atoms with E-state index in [1.54, 1.807) is 0 Å². The van der Waals surface area contributed by atoms with Crippen molar-refractivity contribution in [2.75, 3.05) is 19.6 Å². The number of hydrogen-bond acceptors (Lipinski definition) is 3. The Hall–Kier alpha value is -0.570. The molecular formula is C10H16N2O. The Balaban J connectivity index is 1.85. The van der Waals surface area contributed by atoms with Gasteiger partial charge in [-0.3, -0.25) is 4.90 Å². The summed E-state index contributed by atoms with van der Waals surface area (Å²) in [5.41, 5.74) is 1.26. The third-order valence-electron chi connectivity index (χ3n) is 3.76. The molecule has 0 amide bonds. The van der Waals surface area contributed by atoms with Crippen LogP contribution in [-0.2, 0) is 4.84 Å². The molecule has 13 heavy (non-hydrogen) atoms. The Kier molecular flexibility index (Phi) is 1.48. The monoisotopic (exact) mass is 180 g/mol. The number of fused-ring (bicyclic) bond motifs is 2. The minimum absolute atomic E-state index is 0.0839. The van der Waals surface area contributed by atoms with E-state index in [0.29, 0.717) is 0 Å². The zero-order valence-electron chi connectivity index (χ0n) is 8.12. The molecule has 0 aromatic rings. The highest BCUT2D eigenvalue weighted by atomic mass is 16.7. The van der Waals surface area contributed by atoms with Gasteiger partial charge in [0.2, 0.25) is 0 Å². The van der Waals surface area contributed by atoms with Gasteiger partial charge in [-0.2, -0.15) is 0 Å². The van der Waals surface area contributed by atoms with E-state index >= 15 is 0 Å². The molecule has 3 fully saturated rings. The summed E-state index contributed by atoms with van der Waals surface area (Å²) in [6.07, 6.45) is 3.68. The average molecular weight is 180 g/mol. The highest BCUT2D eigenvalue weighted by Crippen LogP contribution is 2.43. The summed E-state index contributed by atoms with van der Waals surface area (Å²) in [4.78, 5) is 8.20. The molecule has 3 nitrogen and oxygen atoms in total. The molecule has 0 aromatic heterocycles. The zero-order chi connectivity index (χ0) is 8.89. The predicted octanol–water partition coefficient (Wildman–Crippen LogP) is 1.25. The van der Waals surface area contributed by atoms with Crippen molar-refractivity contribution < 1.29 is 4.84 Å². The maximum absolute atomic E-state index is 5.67. The molecular weight excluding hydrogens is 164 g/mol. The van der Waals surface area contributed by atoms with Crippen LogP contribution in [-0.4, -0.2) is 35.8 Å². The van der Waals surface area contributed by atoms with Crippen LogP contribution in [0.15, 0.2) is 5.16 Å². The summed E-state index contributed by atoms with van der Waals surface area (Å²) in [5, 5.41) is 4.12. The van der Waals surface area contributed by atoms with Gasteiger partial charge >= 0.3 is 0 Å². The largest absolute Gasteiger partial charge is 0.387 e. The van der Waals surface area contributed by atoms with E-state index in [-0.39, 0.29) is 5.60 Å². The second-order valence-corrected chi connectivity index (χ2v) is 4.71. The Morgan fingerprint density at radius 3 is 2.69 bits per heavy atom. The molecule has 0 saturated carbocycles. The molecule has 4 rings (SSSR count). The van der Waals surface area contributed by atoms with Crippen LogP contribution in [0.1, 0.15) is 26.2 Å². The predicted molar refractivity (Wildman–Crippen MR) is 50.7 cm³/mol. The number of rotatable bonds is 0. The van der Waals surface area contributed by atoms with Crippen molar-refractivity contribution in [3.63, 3.8) is 0 Å². The van der Waals surface area contributed by atoms with Crippen LogP contribution in [0.4, 0.5) is 0 Å². The lowest BCUT2D eigenvalue weighted by Crippen LogP contribution is -2.59. The van der Waals surface area contributed by atoms with Gasteiger partial charge in [0, 0.05) is 18.9 Å². The van der Waals surface area contributed by atoms with Gasteiger partial charge in [0.1, 0.15) is 0 Å². The fourth-order valence-corrected chi connectivity index (χ4v) is 3.09. The molecule has 0 aliphatic carbocycles. The molecule has 0 aromatic carbocycles. The van der Waals surface area contributed by atoms with Crippen molar-refractivity contribution in [2.24, 2.45) is 11.1 Å². The quantitative estimate of drug-likeness (QED) is 0.560. The molecule has 4 heterocycles. The third kappa shape index (κ3) is 1.03. The van der Waals surface area contributed by atoms with E-state index in [2.05, 4.69) is 17.0 Å². The molecule has 3 heteroatoms. The maximum Gasteiger partial charge on any atom is 0.158 e. The minimum atomic E-state index is 0.0839. The van der Waals surface area contributed by atoms with Crippen molar-refractivity contribution >= 4 is 5.71 Å². The van der Waals surface area contributed by atoms with E-state index in [0.717, 1.165) is 18.9 Å². The molecule has 4 aliphatic rings. The molecule has 1 unspecified atom stereocenters. The molecule has 3 saturated heterocycles. The van der Waals surface area contributed by atoms with Gasteiger partial charge in [-0.1, -0.05) is 5.16 Å². The fourth-order valence-electron chi connectivity index (χ4n) is 3.09. The Bertz CT molecular complexity index is 256. The van der Waals surface area contributed by atoms with Gasteiger partial charge in [0.15, 0.2) is 5.60 Å². The van der Waals surface area contributed by atoms with Crippen LogP contribution in [0.3, 0.4) is 0 Å². The summed E-state index contributed by atoms with van der Waals surface area (Å²) in [5.74, 6) is 0.763. The summed E-state index contributed by atoms with van der Waals surface area (Å²) in [7, 11) is 0. The van der Waals surface area contributed by atoms with Crippen molar-refractivity contribution in [3.05, 3.63) is 0 Å². The van der Waals surface area contributed by atoms with Crippen molar-refractivity contribution in [1.29, 1.82) is 0 Å². The highest BCUT2D eigenvalue weighted by molar-refractivity contribution is 5.83. The molecule has 72 valence electrons. The van der Waals surface area contributed by atoms with Crippen LogP contribution >= 0.6 is 0 Å². The van der Waals surface area contributed by atoms with Crippen molar-refractivity contribution in [3.8, 4) is 0 Å². The SMILES string of the molecule is CC1=NOC2(C1)CN1CCC2CC1. The van der Waals surface area contributed by atoms with Crippen LogP contribution in [0.2, 0.25) is 0 Å². The van der Waals surface area contributed by atoms with Crippen molar-refractivity contribution in [1.82, 2.24) is 4.90 Å². The molecule has 1 atom stereocenters. The fraction of sp³-hybridized carbons (Fsp3) is 0.900. The lowest BCUT2D eigenvalue weighted by Gasteiger charge is -2.49. The molecule has 1 spiro atoms. The Labute approximate surface area is 78.7 Å². The average Bonchev–Trinajstić information content (AvgIpc) is 2.49. The Morgan fingerprint density at radius 1 is 1.46 bits per heavy atom. The van der Waals surface area contributed by atoms with Crippen LogP contribution in [0.5, 0.6) is 0 Å². The maximum atomic E-state index is 5.67. The van der Waals surface area contributed by atoms with Gasteiger partial charge in [-0.15, -0.1) is 0 Å². The second kappa shape index (κ2) is 2.47. The number of oxime groups is 1. The molecule has 0 radical (unpaired) electrons. The van der Waals surface area contributed by atoms with Gasteiger partial charge in [-0.25, -0.2) is 0 Å². The normalized spacial score (nSPS) is 47.9. The smallest absolute Gasteiger partial charge is 0.158 e. The van der Waals surface area contributed by atoms with Crippen LogP contribution in [0.25, 0.3) is 0 Å². The van der Waals surface area contributed by atoms with E-state index in [9.17, 15) is 0 Å². The van der Waals surface area contributed by atoms with Gasteiger partial charge < -0.3 is 4.84 Å². The Morgan fingerprint density at radius 2 is 2.23 bits per heavy atom. The summed E-state index contributed by atoms with van der Waals surface area (Å²) in [6.45, 7) is 5.73. The van der Waals surface area contributed by atoms with E-state index in [1.807, 2.05) is 0 Å². The van der Waals surface area contributed by atoms with E-state index < -0.39 is 0 Å². The summed E-state index contributed by atoms with van der Waals surface area (Å²) < 4.78 is 0. The van der Waals surface area contributed by atoms with Crippen LogP contribution in [0, 0.1) is 5.92 Å². The lowest BCUT2D eigenvalue weighted by molar-refractivity contribution is -0.136. The number of hydrogen-bond donors (Lipinski definition) is 0. The van der Waals surface area contributed by atoms with Gasteiger partial charge in [0.05, 0.1) is 5.71 Å². The number of piperidine rings is 3. The summed E-state index contributed by atoms with van der Waals surface area (Å²) >= 11 is 0. The zero-order valence-corrected chi connectivity index (χ0v) is 8.12. The topological polar surface area (TPSA) is 24.8 Å². The summed E-state index contributed by atoms with van der Waals surface area (Å²) in [6, 6.07) is 0. The minimum Gasteiger partial charge on any atom is -0.387 e. The molecule has 4 aliphatic heterocycles. The first kappa shape index (κ1) is 7.80. The third-order valence-corrected chi connectivity index (χ3v) is 3.76. The molecule has 0 N–H and O–H groups in total. The first-order valence-electron chi connectivity index (χ1n) is 5.22. The number of nitrogens with zero attached hydrogens (tertiary/aromatic N) is 2. The standard InChI is InChI=1S/C10H16N2O/c1-8-6-10(13-11-8)7-12-4-2-9(10)3-5-12/h9H,2-7H2,1H3. The first-order valence-corrected chi connectivity index (χ1v) is 5.22. The van der Waals surface area contributed by atoms with E-state index in [4.69, 9.17) is 4.84 Å². The molecule has 2 bridgehead atoms. The van der Waals surface area contributed by atoms with Crippen molar-refractivity contribution in [2.45, 2.75) is 31.8 Å². The lowest BCUT2D eigenvalue weighted by atomic mass is 9.73. The van der Waals surface area contributed by atoms with Gasteiger partial charge in [-0.05, 0) is 32.9 Å².